The number of halogens is 1. The molecule has 1 heterocycles. The fourth-order valence-electron chi connectivity index (χ4n) is 2.06. The second kappa shape index (κ2) is 6.02. The van der Waals surface area contributed by atoms with Crippen LogP contribution >= 0.6 is 11.6 Å². The molecule has 0 saturated heterocycles. The summed E-state index contributed by atoms with van der Waals surface area (Å²) in [6.07, 6.45) is 1.01. The SMILES string of the molecule is O=C(c1ccc(Cl)cc1)c1ccc(-n2ncc(=O)[nH]c2=O)cc1. The molecule has 7 heteroatoms. The normalized spacial score (nSPS) is 10.5. The lowest BCUT2D eigenvalue weighted by Crippen LogP contribution is -2.30. The van der Waals surface area contributed by atoms with Crippen molar-refractivity contribution in [3.8, 4) is 5.69 Å². The van der Waals surface area contributed by atoms with Gasteiger partial charge in [-0.25, -0.2) is 4.79 Å². The van der Waals surface area contributed by atoms with Crippen molar-refractivity contribution in [3.63, 3.8) is 0 Å². The highest BCUT2D eigenvalue weighted by atomic mass is 35.5. The van der Waals surface area contributed by atoms with Gasteiger partial charge in [0.2, 0.25) is 0 Å². The molecule has 0 spiro atoms. The van der Waals surface area contributed by atoms with Crippen LogP contribution in [0.2, 0.25) is 5.02 Å². The molecule has 0 bridgehead atoms. The fraction of sp³-hybridized carbons (Fsp3) is 0. The van der Waals surface area contributed by atoms with Crippen LogP contribution in [0.3, 0.4) is 0 Å². The molecule has 0 aliphatic heterocycles. The minimum atomic E-state index is -0.644. The molecule has 6 nitrogen and oxygen atoms in total. The van der Waals surface area contributed by atoms with Crippen LogP contribution in [0.4, 0.5) is 0 Å². The van der Waals surface area contributed by atoms with E-state index in [-0.39, 0.29) is 5.78 Å². The highest BCUT2D eigenvalue weighted by Gasteiger charge is 2.10. The number of H-pyrrole nitrogens is 1. The van der Waals surface area contributed by atoms with Gasteiger partial charge >= 0.3 is 5.69 Å². The monoisotopic (exact) mass is 327 g/mol. The number of nitrogens with zero attached hydrogens (tertiary/aromatic N) is 2. The first-order chi connectivity index (χ1) is 11.0. The molecule has 2 aromatic carbocycles. The Kier molecular flexibility index (Phi) is 3.91. The Hall–Kier alpha value is -2.99. The van der Waals surface area contributed by atoms with Crippen molar-refractivity contribution in [1.82, 2.24) is 14.8 Å². The summed E-state index contributed by atoms with van der Waals surface area (Å²) < 4.78 is 1.04. The van der Waals surface area contributed by atoms with Crippen molar-refractivity contribution in [3.05, 3.63) is 91.7 Å². The molecule has 0 amide bonds. The van der Waals surface area contributed by atoms with Crippen LogP contribution in [0.1, 0.15) is 15.9 Å². The van der Waals surface area contributed by atoms with Crippen LogP contribution in [0, 0.1) is 0 Å². The minimum Gasteiger partial charge on any atom is -0.289 e. The van der Waals surface area contributed by atoms with Crippen molar-refractivity contribution in [2.45, 2.75) is 0 Å². The standard InChI is InChI=1S/C16H10ClN3O3/c17-12-5-1-10(2-6-12)15(22)11-3-7-13(8-4-11)20-16(23)19-14(21)9-18-20/h1-9H,(H,19,21,23). The maximum absolute atomic E-state index is 12.3. The summed E-state index contributed by atoms with van der Waals surface area (Å²) in [6.45, 7) is 0. The van der Waals surface area contributed by atoms with E-state index in [0.29, 0.717) is 21.8 Å². The van der Waals surface area contributed by atoms with E-state index in [4.69, 9.17) is 11.6 Å². The van der Waals surface area contributed by atoms with E-state index in [2.05, 4.69) is 10.1 Å². The van der Waals surface area contributed by atoms with Gasteiger partial charge in [-0.2, -0.15) is 9.78 Å². The number of carbonyl (C=O) groups excluding carboxylic acids is 1. The zero-order valence-corrected chi connectivity index (χ0v) is 12.4. The van der Waals surface area contributed by atoms with Crippen molar-refractivity contribution in [2.24, 2.45) is 0 Å². The van der Waals surface area contributed by atoms with Gasteiger partial charge in [0.1, 0.15) is 6.20 Å². The van der Waals surface area contributed by atoms with E-state index in [1.165, 1.54) is 0 Å². The number of hydrogen-bond acceptors (Lipinski definition) is 4. The molecule has 114 valence electrons. The smallest absolute Gasteiger partial charge is 0.289 e. The molecular formula is C16H10ClN3O3. The zero-order chi connectivity index (χ0) is 16.4. The number of benzene rings is 2. The van der Waals surface area contributed by atoms with Gasteiger partial charge < -0.3 is 0 Å². The molecule has 0 aliphatic rings. The molecule has 0 saturated carbocycles. The zero-order valence-electron chi connectivity index (χ0n) is 11.7. The van der Waals surface area contributed by atoms with Gasteiger partial charge in [-0.15, -0.1) is 0 Å². The molecule has 3 aromatic rings. The highest BCUT2D eigenvalue weighted by Crippen LogP contribution is 2.15. The number of aromatic nitrogens is 3. The lowest BCUT2D eigenvalue weighted by molar-refractivity contribution is 0.103. The second-order valence-corrected chi connectivity index (χ2v) is 5.17. The summed E-state index contributed by atoms with van der Waals surface area (Å²) in [6, 6.07) is 12.9. The Morgan fingerprint density at radius 3 is 2.09 bits per heavy atom. The summed E-state index contributed by atoms with van der Waals surface area (Å²) in [5.74, 6) is -0.157. The average molecular weight is 328 g/mol. The van der Waals surface area contributed by atoms with Crippen LogP contribution < -0.4 is 11.2 Å². The Labute approximate surface area is 135 Å². The van der Waals surface area contributed by atoms with Crippen LogP contribution in [-0.2, 0) is 0 Å². The maximum atomic E-state index is 12.3. The predicted molar refractivity (Wildman–Crippen MR) is 85.3 cm³/mol. The second-order valence-electron chi connectivity index (χ2n) is 4.73. The topological polar surface area (TPSA) is 84.8 Å². The van der Waals surface area contributed by atoms with E-state index in [1.54, 1.807) is 48.5 Å². The number of rotatable bonds is 3. The fourth-order valence-corrected chi connectivity index (χ4v) is 2.19. The van der Waals surface area contributed by atoms with E-state index < -0.39 is 11.2 Å². The minimum absolute atomic E-state index is 0.157. The molecular weight excluding hydrogens is 318 g/mol. The third-order valence-corrected chi connectivity index (χ3v) is 3.45. The third kappa shape index (κ3) is 3.12. The lowest BCUT2D eigenvalue weighted by Gasteiger charge is -2.05. The number of ketones is 1. The molecule has 23 heavy (non-hydrogen) atoms. The maximum Gasteiger partial charge on any atom is 0.349 e. The van der Waals surface area contributed by atoms with Gasteiger partial charge in [-0.05, 0) is 48.5 Å². The first kappa shape index (κ1) is 14.9. The Balaban J connectivity index is 1.93. The van der Waals surface area contributed by atoms with E-state index in [0.717, 1.165) is 10.9 Å². The van der Waals surface area contributed by atoms with Crippen LogP contribution in [0.25, 0.3) is 5.69 Å². The van der Waals surface area contributed by atoms with Crippen molar-refractivity contribution in [2.75, 3.05) is 0 Å². The quantitative estimate of drug-likeness (QED) is 0.743. The number of nitrogens with one attached hydrogen (secondary N) is 1. The van der Waals surface area contributed by atoms with Gasteiger partial charge in [0.15, 0.2) is 5.78 Å². The number of hydrogen-bond donors (Lipinski definition) is 1. The first-order valence-corrected chi connectivity index (χ1v) is 7.02. The summed E-state index contributed by atoms with van der Waals surface area (Å²) in [5.41, 5.74) is 0.212. The number of carbonyl (C=O) groups is 1. The molecule has 1 aromatic heterocycles. The van der Waals surface area contributed by atoms with E-state index in [9.17, 15) is 14.4 Å². The lowest BCUT2D eigenvalue weighted by atomic mass is 10.0. The van der Waals surface area contributed by atoms with Crippen LogP contribution in [-0.4, -0.2) is 20.5 Å². The van der Waals surface area contributed by atoms with E-state index in [1.807, 2.05) is 0 Å². The first-order valence-electron chi connectivity index (χ1n) is 6.64. The van der Waals surface area contributed by atoms with Crippen LogP contribution in [0.5, 0.6) is 0 Å². The third-order valence-electron chi connectivity index (χ3n) is 3.19. The molecule has 0 unspecified atom stereocenters. The number of aromatic amines is 1. The Morgan fingerprint density at radius 1 is 0.957 bits per heavy atom. The average Bonchev–Trinajstić information content (AvgIpc) is 2.55. The summed E-state index contributed by atoms with van der Waals surface area (Å²) in [5, 5.41) is 4.31. The molecule has 3 rings (SSSR count). The molecule has 0 fully saturated rings. The van der Waals surface area contributed by atoms with Crippen molar-refractivity contribution < 1.29 is 4.79 Å². The summed E-state index contributed by atoms with van der Waals surface area (Å²) >= 11 is 5.80. The van der Waals surface area contributed by atoms with Gasteiger partial charge in [0, 0.05) is 16.1 Å². The summed E-state index contributed by atoms with van der Waals surface area (Å²) in [7, 11) is 0. The van der Waals surface area contributed by atoms with Gasteiger partial charge in [-0.3, -0.25) is 14.6 Å². The molecule has 0 atom stereocenters. The molecule has 1 N–H and O–H groups in total. The Bertz CT molecular complexity index is 973. The van der Waals surface area contributed by atoms with Crippen LogP contribution in [0.15, 0.2) is 64.3 Å². The van der Waals surface area contributed by atoms with E-state index >= 15 is 0 Å². The summed E-state index contributed by atoms with van der Waals surface area (Å²) in [4.78, 5) is 37.1. The molecule has 0 radical (unpaired) electrons. The largest absolute Gasteiger partial charge is 0.349 e. The predicted octanol–water partition coefficient (Wildman–Crippen LogP) is 1.81. The highest BCUT2D eigenvalue weighted by molar-refractivity contribution is 6.30. The van der Waals surface area contributed by atoms with Crippen molar-refractivity contribution in [1.29, 1.82) is 0 Å². The van der Waals surface area contributed by atoms with Crippen molar-refractivity contribution >= 4 is 17.4 Å². The molecule has 0 aliphatic carbocycles. The van der Waals surface area contributed by atoms with Gasteiger partial charge in [0.25, 0.3) is 5.56 Å². The van der Waals surface area contributed by atoms with Gasteiger partial charge in [0.05, 0.1) is 5.69 Å². The Morgan fingerprint density at radius 2 is 1.52 bits per heavy atom. The van der Waals surface area contributed by atoms with Gasteiger partial charge in [-0.1, -0.05) is 11.6 Å².